The number of pyridine rings is 1. The van der Waals surface area contributed by atoms with E-state index in [0.717, 1.165) is 32.0 Å². The van der Waals surface area contributed by atoms with Crippen molar-refractivity contribution in [3.05, 3.63) is 23.9 Å². The van der Waals surface area contributed by atoms with Gasteiger partial charge < -0.3 is 15.3 Å². The van der Waals surface area contributed by atoms with E-state index in [2.05, 4.69) is 26.2 Å². The van der Waals surface area contributed by atoms with Gasteiger partial charge in [0, 0.05) is 44.8 Å². The maximum absolute atomic E-state index is 11.5. The normalized spacial score (nSPS) is 28.2. The number of aromatic nitrogens is 1. The predicted octanol–water partition coefficient (Wildman–Crippen LogP) is 1.47. The Morgan fingerprint density at radius 3 is 2.90 bits per heavy atom. The first-order chi connectivity index (χ1) is 14.1. The van der Waals surface area contributed by atoms with Crippen LogP contribution in [0.2, 0.25) is 0 Å². The van der Waals surface area contributed by atoms with E-state index in [4.69, 9.17) is 9.90 Å². The topological polar surface area (TPSA) is 110 Å². The summed E-state index contributed by atoms with van der Waals surface area (Å²) in [4.78, 5) is 29.4. The van der Waals surface area contributed by atoms with E-state index >= 15 is 0 Å². The monoisotopic (exact) mass is 399 g/mol. The number of amides is 1. The molecule has 0 spiro atoms. The lowest BCUT2D eigenvalue weighted by Crippen LogP contribution is -2.65. The maximum atomic E-state index is 11.5. The number of hydrogen-bond donors (Lipinski definition) is 2. The van der Waals surface area contributed by atoms with Gasteiger partial charge in [0.1, 0.15) is 11.9 Å². The Bertz CT molecular complexity index is 765. The van der Waals surface area contributed by atoms with Crippen LogP contribution in [0.4, 0.5) is 5.82 Å². The zero-order valence-corrected chi connectivity index (χ0v) is 16.8. The molecule has 0 aliphatic carbocycles. The van der Waals surface area contributed by atoms with Gasteiger partial charge >= 0.3 is 0 Å². The van der Waals surface area contributed by atoms with Gasteiger partial charge in [-0.2, -0.15) is 5.26 Å². The molecule has 2 bridgehead atoms. The molecule has 2 N–H and O–H groups in total. The largest absolute Gasteiger partial charge is 0.483 e. The van der Waals surface area contributed by atoms with Gasteiger partial charge in [0.2, 0.25) is 5.91 Å². The number of carbonyl (C=O) groups is 2. The second kappa shape index (κ2) is 9.70. The molecule has 3 aliphatic heterocycles. The highest BCUT2D eigenvalue weighted by Gasteiger charge is 2.47. The quantitative estimate of drug-likeness (QED) is 0.741. The number of fused-ring (bicyclic) bond motifs is 4. The number of carboxylic acid groups (broad SMARTS) is 1. The number of nitrogens with one attached hydrogen (secondary N) is 1. The Hall–Kier alpha value is -2.66. The molecule has 1 amide bonds. The summed E-state index contributed by atoms with van der Waals surface area (Å²) in [5.41, 5.74) is 0.659. The molecule has 1 aromatic heterocycles. The standard InChI is InChI=1S/C20H27N5O.CH2O2/c1-14(26)23-11-19-17-9-16(18-6-2-3-8-25(18)19)12-24(13-17)20-15(10-21)5-4-7-22-20;2-1-3/h4-5,7,16-19H,2-3,6,8-9,11-13H2,1H3,(H,23,26);1H,(H,2,3)/t16-,17+,18+,19+;/m1./s1. The highest BCUT2D eigenvalue weighted by molar-refractivity contribution is 5.72. The van der Waals surface area contributed by atoms with E-state index in [1.165, 1.54) is 25.7 Å². The Morgan fingerprint density at radius 1 is 1.41 bits per heavy atom. The van der Waals surface area contributed by atoms with Gasteiger partial charge in [-0.1, -0.05) is 6.42 Å². The van der Waals surface area contributed by atoms with E-state index in [1.807, 2.05) is 12.1 Å². The summed E-state index contributed by atoms with van der Waals surface area (Å²) in [5, 5.41) is 19.4. The summed E-state index contributed by atoms with van der Waals surface area (Å²) in [6.07, 6.45) is 6.80. The average Bonchev–Trinajstić information content (AvgIpc) is 2.74. The molecule has 156 valence electrons. The molecule has 3 saturated heterocycles. The lowest BCUT2D eigenvalue weighted by molar-refractivity contribution is -0.123. The van der Waals surface area contributed by atoms with Crippen molar-refractivity contribution in [1.82, 2.24) is 15.2 Å². The minimum atomic E-state index is -0.250. The van der Waals surface area contributed by atoms with Gasteiger partial charge in [-0.15, -0.1) is 0 Å². The van der Waals surface area contributed by atoms with Gasteiger partial charge in [-0.3, -0.25) is 14.5 Å². The zero-order valence-electron chi connectivity index (χ0n) is 16.8. The molecule has 0 aromatic carbocycles. The van der Waals surface area contributed by atoms with Crippen LogP contribution in [-0.2, 0) is 9.59 Å². The maximum Gasteiger partial charge on any atom is 0.290 e. The third kappa shape index (κ3) is 4.67. The first-order valence-electron chi connectivity index (χ1n) is 10.3. The van der Waals surface area contributed by atoms with Crippen LogP contribution in [0.25, 0.3) is 0 Å². The van der Waals surface area contributed by atoms with Crippen LogP contribution in [0, 0.1) is 23.2 Å². The summed E-state index contributed by atoms with van der Waals surface area (Å²) in [7, 11) is 0. The van der Waals surface area contributed by atoms with E-state index in [1.54, 1.807) is 13.1 Å². The molecule has 29 heavy (non-hydrogen) atoms. The van der Waals surface area contributed by atoms with Crippen LogP contribution < -0.4 is 10.2 Å². The van der Waals surface area contributed by atoms with Gasteiger partial charge in [-0.05, 0) is 49.8 Å². The Labute approximate surface area is 171 Å². The predicted molar refractivity (Wildman–Crippen MR) is 108 cm³/mol. The average molecular weight is 399 g/mol. The summed E-state index contributed by atoms with van der Waals surface area (Å²) >= 11 is 0. The van der Waals surface area contributed by atoms with Crippen molar-refractivity contribution in [2.24, 2.45) is 11.8 Å². The number of rotatable bonds is 3. The third-order valence-electron chi connectivity index (χ3n) is 6.39. The van der Waals surface area contributed by atoms with Crippen LogP contribution in [-0.4, -0.2) is 65.6 Å². The molecule has 3 fully saturated rings. The Morgan fingerprint density at radius 2 is 2.17 bits per heavy atom. The molecule has 0 radical (unpaired) electrons. The number of anilines is 1. The van der Waals surface area contributed by atoms with Crippen molar-refractivity contribution < 1.29 is 14.7 Å². The number of hydrogen-bond acceptors (Lipinski definition) is 6. The van der Waals surface area contributed by atoms with Crippen LogP contribution in [0.5, 0.6) is 0 Å². The smallest absolute Gasteiger partial charge is 0.290 e. The van der Waals surface area contributed by atoms with Crippen molar-refractivity contribution in [1.29, 1.82) is 5.26 Å². The van der Waals surface area contributed by atoms with Crippen LogP contribution >= 0.6 is 0 Å². The molecule has 0 saturated carbocycles. The molecule has 8 nitrogen and oxygen atoms in total. The van der Waals surface area contributed by atoms with Gasteiger partial charge in [-0.25, -0.2) is 4.98 Å². The number of piperidine rings is 3. The van der Waals surface area contributed by atoms with E-state index in [-0.39, 0.29) is 12.4 Å². The van der Waals surface area contributed by atoms with E-state index < -0.39 is 0 Å². The first-order valence-corrected chi connectivity index (χ1v) is 10.3. The second-order valence-corrected chi connectivity index (χ2v) is 8.06. The fourth-order valence-electron chi connectivity index (χ4n) is 5.35. The van der Waals surface area contributed by atoms with Crippen molar-refractivity contribution in [2.75, 3.05) is 31.1 Å². The van der Waals surface area contributed by atoms with Gasteiger partial charge in [0.05, 0.1) is 5.56 Å². The van der Waals surface area contributed by atoms with Crippen LogP contribution in [0.15, 0.2) is 18.3 Å². The SMILES string of the molecule is CC(=O)NC[C@H]1[C@H]2C[C@H](CN(c3ncccc3C#N)C2)[C@@H]2CCCCN21.O=CO. The number of nitrogens with zero attached hydrogens (tertiary/aromatic N) is 4. The Balaban J connectivity index is 0.000000755. The molecular formula is C21H29N5O3. The highest BCUT2D eigenvalue weighted by Crippen LogP contribution is 2.42. The second-order valence-electron chi connectivity index (χ2n) is 8.06. The lowest BCUT2D eigenvalue weighted by Gasteiger charge is -2.57. The van der Waals surface area contributed by atoms with E-state index in [0.29, 0.717) is 29.5 Å². The third-order valence-corrected chi connectivity index (χ3v) is 6.39. The molecule has 4 heterocycles. The van der Waals surface area contributed by atoms with Crippen molar-refractivity contribution >= 4 is 18.2 Å². The number of nitriles is 1. The van der Waals surface area contributed by atoms with Crippen molar-refractivity contribution in [3.63, 3.8) is 0 Å². The fraction of sp³-hybridized carbons (Fsp3) is 0.619. The zero-order chi connectivity index (χ0) is 20.8. The van der Waals surface area contributed by atoms with Gasteiger partial charge in [0.15, 0.2) is 0 Å². The van der Waals surface area contributed by atoms with Gasteiger partial charge in [0.25, 0.3) is 6.47 Å². The highest BCUT2D eigenvalue weighted by atomic mass is 16.3. The Kier molecular flexibility index (Phi) is 7.04. The summed E-state index contributed by atoms with van der Waals surface area (Å²) in [5.74, 6) is 2.00. The fourth-order valence-corrected chi connectivity index (χ4v) is 5.35. The lowest BCUT2D eigenvalue weighted by atomic mass is 9.72. The molecule has 1 aromatic rings. The molecule has 4 atom stereocenters. The van der Waals surface area contributed by atoms with Crippen molar-refractivity contribution in [2.45, 2.75) is 44.7 Å². The molecule has 8 heteroatoms. The molecular weight excluding hydrogens is 370 g/mol. The first kappa shape index (κ1) is 21.1. The molecule has 3 aliphatic rings. The number of carbonyl (C=O) groups excluding carboxylic acids is 1. The summed E-state index contributed by atoms with van der Waals surface area (Å²) in [6.45, 7) is 5.12. The minimum absolute atomic E-state index is 0.0461. The molecule has 4 rings (SSSR count). The van der Waals surface area contributed by atoms with Crippen LogP contribution in [0.1, 0.15) is 38.2 Å². The van der Waals surface area contributed by atoms with Crippen molar-refractivity contribution in [3.8, 4) is 6.07 Å². The summed E-state index contributed by atoms with van der Waals surface area (Å²) < 4.78 is 0. The minimum Gasteiger partial charge on any atom is -0.483 e. The molecule has 0 unspecified atom stereocenters. The van der Waals surface area contributed by atoms with E-state index in [9.17, 15) is 10.1 Å². The summed E-state index contributed by atoms with van der Waals surface area (Å²) in [6, 6.07) is 6.96. The van der Waals surface area contributed by atoms with Crippen LogP contribution in [0.3, 0.4) is 0 Å².